The molecule has 22 nitrogen and oxygen atoms in total. The maximum Gasteiger partial charge on any atom is 0.312 e. The maximum absolute atomic E-state index is 14.1. The molecule has 77 heavy (non-hydrogen) atoms. The van der Waals surface area contributed by atoms with Crippen molar-refractivity contribution >= 4 is 69.0 Å². The number of amides is 10. The SMILES string of the molecule is C=C(C)[C@H](NC(=O)CC(C)(C)COCC(C)(C)CN1C(=O)C=CC1=O)C(=O)N[C@@H](CCCNC(N)=O)C(=O)Nc1ccc(S(=O)(=O)NC(=O)/C(C)=C/[C@H](C(C)C)N(C)C(=O)[C@@H](NC(=O)[C@H]2CCCCN2C)[C@@H](C)CC)cc1. The van der Waals surface area contributed by atoms with Gasteiger partial charge in [-0.2, -0.15) is 0 Å². The summed E-state index contributed by atoms with van der Waals surface area (Å²) >= 11 is 0. The number of imide groups is 1. The van der Waals surface area contributed by atoms with Crippen molar-refractivity contribution in [2.45, 2.75) is 149 Å². The minimum atomic E-state index is -4.47. The Labute approximate surface area is 454 Å². The van der Waals surface area contributed by atoms with Crippen LogP contribution in [0.1, 0.15) is 114 Å². The average Bonchev–Trinajstić information content (AvgIpc) is 3.65. The largest absolute Gasteiger partial charge is 0.380 e. The van der Waals surface area contributed by atoms with Gasteiger partial charge in [0.25, 0.3) is 27.7 Å². The summed E-state index contributed by atoms with van der Waals surface area (Å²) in [6, 6.07) is -0.211. The molecule has 1 aromatic carbocycles. The van der Waals surface area contributed by atoms with Gasteiger partial charge in [0.15, 0.2) is 0 Å². The van der Waals surface area contributed by atoms with Gasteiger partial charge in [-0.05, 0) is 100 Å². The van der Waals surface area contributed by atoms with Gasteiger partial charge in [0.2, 0.25) is 29.5 Å². The van der Waals surface area contributed by atoms with E-state index in [0.29, 0.717) is 12.8 Å². The standard InChI is InChI=1S/C54H84N10O12S/c1-14-35(6)46(60-49(70)40-19-15-16-27-62(40)12)51(72)63(13)41(33(2)3)28-36(7)47(68)61-77(74,75)38-22-20-37(21-23-38)57-48(69)39(18-17-26-56-52(55)73)58-50(71)45(34(4)5)59-42(65)29-53(8,9)31-76-32-54(10,11)30-64-43(66)24-25-44(64)67/h20-25,28,33,35,39-41,45-46H,4,14-19,26-27,29-32H2,1-3,5-13H3,(H,57,69)(H,58,71)(H,59,65)(H,60,70)(H,61,68)(H3,55,56,73)/b36-28+/t35-,39-,40+,41+,45-,46-/m0/s1. The third kappa shape index (κ3) is 20.1. The molecule has 1 saturated heterocycles. The van der Waals surface area contributed by atoms with E-state index >= 15 is 0 Å². The topological polar surface area (TPSA) is 305 Å². The van der Waals surface area contributed by atoms with Crippen LogP contribution in [0.3, 0.4) is 0 Å². The summed E-state index contributed by atoms with van der Waals surface area (Å²) < 4.78 is 35.1. The number of hydrogen-bond donors (Lipinski definition) is 7. The normalized spacial score (nSPS) is 17.4. The molecule has 1 aromatic rings. The minimum Gasteiger partial charge on any atom is -0.380 e. The lowest BCUT2D eigenvalue weighted by Gasteiger charge is -2.36. The number of sulfonamides is 1. The molecule has 0 bridgehead atoms. The van der Waals surface area contributed by atoms with Gasteiger partial charge in [0.05, 0.1) is 30.2 Å². The second kappa shape index (κ2) is 28.8. The highest BCUT2D eigenvalue weighted by atomic mass is 32.2. The molecule has 2 heterocycles. The highest BCUT2D eigenvalue weighted by molar-refractivity contribution is 7.90. The molecule has 8 N–H and O–H groups in total. The van der Waals surface area contributed by atoms with Crippen molar-refractivity contribution in [2.75, 3.05) is 52.3 Å². The molecule has 0 aromatic heterocycles. The molecule has 428 valence electrons. The zero-order valence-electron chi connectivity index (χ0n) is 47.0. The van der Waals surface area contributed by atoms with E-state index in [1.807, 2.05) is 53.5 Å². The first kappa shape index (κ1) is 64.8. The number of rotatable bonds is 29. The quantitative estimate of drug-likeness (QED) is 0.0263. The lowest BCUT2D eigenvalue weighted by Crippen LogP contribution is -2.57. The molecule has 0 aliphatic carbocycles. The predicted molar refractivity (Wildman–Crippen MR) is 292 cm³/mol. The van der Waals surface area contributed by atoms with Gasteiger partial charge in [-0.3, -0.25) is 48.2 Å². The first-order chi connectivity index (χ1) is 35.8. The Morgan fingerprint density at radius 1 is 0.909 bits per heavy atom. The van der Waals surface area contributed by atoms with Crippen LogP contribution in [-0.4, -0.2) is 154 Å². The number of benzene rings is 1. The molecule has 1 fully saturated rings. The number of hydrogen-bond acceptors (Lipinski definition) is 13. The van der Waals surface area contributed by atoms with Crippen LogP contribution in [0.5, 0.6) is 0 Å². The number of urea groups is 1. The van der Waals surface area contributed by atoms with Crippen LogP contribution >= 0.6 is 0 Å². The highest BCUT2D eigenvalue weighted by Crippen LogP contribution is 2.26. The zero-order valence-corrected chi connectivity index (χ0v) is 47.8. The van der Waals surface area contributed by atoms with Crippen LogP contribution in [-0.2, 0) is 53.1 Å². The first-order valence-corrected chi connectivity index (χ1v) is 27.6. The number of anilines is 1. The number of carbonyl (C=O) groups excluding carboxylic acids is 9. The van der Waals surface area contributed by atoms with Crippen molar-refractivity contribution in [1.29, 1.82) is 0 Å². The van der Waals surface area contributed by atoms with Gasteiger partial charge in [-0.1, -0.05) is 80.9 Å². The molecule has 23 heteroatoms. The van der Waals surface area contributed by atoms with Gasteiger partial charge in [-0.15, -0.1) is 0 Å². The number of carbonyl (C=O) groups is 9. The van der Waals surface area contributed by atoms with Crippen LogP contribution in [0.4, 0.5) is 10.5 Å². The summed E-state index contributed by atoms with van der Waals surface area (Å²) in [5, 5.41) is 13.4. The molecule has 6 atom stereocenters. The molecular formula is C54H84N10O12S. The summed E-state index contributed by atoms with van der Waals surface area (Å²) in [6.45, 7) is 22.9. The monoisotopic (exact) mass is 1100 g/mol. The van der Waals surface area contributed by atoms with E-state index in [9.17, 15) is 51.6 Å². The third-order valence-electron chi connectivity index (χ3n) is 13.5. The van der Waals surface area contributed by atoms with Gasteiger partial charge in [0, 0.05) is 55.4 Å². The highest BCUT2D eigenvalue weighted by Gasteiger charge is 2.37. The second-order valence-corrected chi connectivity index (χ2v) is 24.0. The average molecular weight is 1100 g/mol. The molecule has 2 aliphatic heterocycles. The van der Waals surface area contributed by atoms with Crippen molar-refractivity contribution in [2.24, 2.45) is 28.4 Å². The molecular weight excluding hydrogens is 1010 g/mol. The summed E-state index contributed by atoms with van der Waals surface area (Å²) in [7, 11) is -0.985. The first-order valence-electron chi connectivity index (χ1n) is 26.1. The van der Waals surface area contributed by atoms with Gasteiger partial charge < -0.3 is 42.0 Å². The van der Waals surface area contributed by atoms with E-state index in [2.05, 4.69) is 37.9 Å². The predicted octanol–water partition coefficient (Wildman–Crippen LogP) is 3.25. The maximum atomic E-state index is 14.1. The van der Waals surface area contributed by atoms with Gasteiger partial charge in [-0.25, -0.2) is 17.9 Å². The fourth-order valence-corrected chi connectivity index (χ4v) is 9.83. The lowest BCUT2D eigenvalue weighted by molar-refractivity contribution is -0.140. The van der Waals surface area contributed by atoms with E-state index in [4.69, 9.17) is 10.5 Å². The Balaban J connectivity index is 1.69. The van der Waals surface area contributed by atoms with Crippen molar-refractivity contribution in [3.05, 3.63) is 60.2 Å². The van der Waals surface area contributed by atoms with Crippen LogP contribution in [0.2, 0.25) is 0 Å². The number of nitrogens with two attached hydrogens (primary N) is 1. The summed E-state index contributed by atoms with van der Waals surface area (Å²) in [6.07, 6.45) is 7.26. The summed E-state index contributed by atoms with van der Waals surface area (Å²) in [5.41, 5.74) is 4.30. The Morgan fingerprint density at radius 2 is 1.52 bits per heavy atom. The van der Waals surface area contributed by atoms with E-state index in [0.717, 1.165) is 24.3 Å². The Bertz CT molecular complexity index is 2490. The number of likely N-dealkylation sites (N-methyl/N-ethyl adjacent to an activating group) is 2. The minimum absolute atomic E-state index is 0.00769. The Kier molecular flexibility index (Phi) is 24.2. The summed E-state index contributed by atoms with van der Waals surface area (Å²) in [5.74, 6) is -4.69. The molecule has 0 radical (unpaired) electrons. The molecule has 3 rings (SSSR count). The van der Waals surface area contributed by atoms with E-state index in [-0.39, 0.29) is 97.0 Å². The third-order valence-corrected chi connectivity index (χ3v) is 14.9. The smallest absolute Gasteiger partial charge is 0.312 e. The number of ether oxygens (including phenoxy) is 1. The summed E-state index contributed by atoms with van der Waals surface area (Å²) in [4.78, 5) is 122. The van der Waals surface area contributed by atoms with Crippen LogP contribution in [0.25, 0.3) is 0 Å². The molecule has 2 aliphatic rings. The fraction of sp³-hybridized carbons (Fsp3) is 0.611. The van der Waals surface area contributed by atoms with Crippen molar-refractivity contribution < 1.29 is 56.3 Å². The van der Waals surface area contributed by atoms with Gasteiger partial charge >= 0.3 is 6.03 Å². The number of nitrogens with one attached hydrogen (secondary N) is 6. The van der Waals surface area contributed by atoms with Crippen molar-refractivity contribution in [3.8, 4) is 0 Å². The molecule has 0 unspecified atom stereocenters. The Hall–Kier alpha value is -6.46. The van der Waals surface area contributed by atoms with E-state index < -0.39 is 86.5 Å². The fourth-order valence-electron chi connectivity index (χ4n) is 8.81. The van der Waals surface area contributed by atoms with E-state index in [1.165, 1.54) is 61.2 Å². The van der Waals surface area contributed by atoms with E-state index in [1.54, 1.807) is 20.9 Å². The zero-order chi connectivity index (χ0) is 58.2. The molecule has 0 saturated carbocycles. The number of piperidine rings is 1. The van der Waals surface area contributed by atoms with Crippen molar-refractivity contribution in [1.82, 2.24) is 40.7 Å². The van der Waals surface area contributed by atoms with Crippen molar-refractivity contribution in [3.63, 3.8) is 0 Å². The Morgan fingerprint density at radius 3 is 2.08 bits per heavy atom. The number of nitrogens with zero attached hydrogens (tertiary/aromatic N) is 3. The van der Waals surface area contributed by atoms with Crippen LogP contribution in [0.15, 0.2) is 65.1 Å². The molecule has 10 amide bonds. The number of likely N-dealkylation sites (tertiary alicyclic amines) is 1. The van der Waals surface area contributed by atoms with Crippen LogP contribution < -0.4 is 37.0 Å². The molecule has 0 spiro atoms. The lowest BCUT2D eigenvalue weighted by atomic mass is 9.89. The van der Waals surface area contributed by atoms with Crippen LogP contribution in [0, 0.1) is 22.7 Å². The number of primary amides is 1. The second-order valence-electron chi connectivity index (χ2n) is 22.3. The van der Waals surface area contributed by atoms with Gasteiger partial charge in [0.1, 0.15) is 18.1 Å².